The average molecular weight is 438 g/mol. The van der Waals surface area contributed by atoms with Crippen LogP contribution in [0.2, 0.25) is 0 Å². The molecule has 0 aromatic heterocycles. The second-order valence-corrected chi connectivity index (χ2v) is 9.45. The first kappa shape index (κ1) is 20.6. The minimum absolute atomic E-state index is 0.110. The first-order valence-electron chi connectivity index (χ1n) is 11.9. The number of fused-ring (bicyclic) bond motifs is 4. The fourth-order valence-electron chi connectivity index (χ4n) is 5.58. The average Bonchev–Trinajstić information content (AvgIpc) is 3.20. The Morgan fingerprint density at radius 3 is 1.76 bits per heavy atom. The van der Waals surface area contributed by atoms with Gasteiger partial charge >= 0.3 is 0 Å². The quantitative estimate of drug-likeness (QED) is 0.269. The smallest absolute Gasteiger partial charge is 0.0690 e. The van der Waals surface area contributed by atoms with E-state index in [0.29, 0.717) is 5.71 Å². The molecule has 1 nitrogen and oxygen atoms in total. The van der Waals surface area contributed by atoms with Crippen molar-refractivity contribution in [2.75, 3.05) is 0 Å². The van der Waals surface area contributed by atoms with Crippen molar-refractivity contribution in [3.8, 4) is 11.1 Å². The van der Waals surface area contributed by atoms with Crippen molar-refractivity contribution in [1.29, 1.82) is 5.41 Å². The molecule has 6 rings (SSSR count). The minimum atomic E-state index is 0.110. The molecule has 0 bridgehead atoms. The summed E-state index contributed by atoms with van der Waals surface area (Å²) in [5, 5.41) is 11.8. The Morgan fingerprint density at radius 2 is 1.12 bits per heavy atom. The van der Waals surface area contributed by atoms with Gasteiger partial charge in [-0.05, 0) is 88.2 Å². The van der Waals surface area contributed by atoms with Crippen molar-refractivity contribution in [1.82, 2.24) is 0 Å². The molecule has 0 heterocycles. The lowest BCUT2D eigenvalue weighted by Crippen LogP contribution is -2.12. The third-order valence-electron chi connectivity index (χ3n) is 7.66. The van der Waals surface area contributed by atoms with Gasteiger partial charge in [0, 0.05) is 17.0 Å². The number of aryl methyl sites for hydroxylation is 1. The molecule has 5 aromatic rings. The molecular weight excluding hydrogens is 410 g/mol. The molecule has 34 heavy (non-hydrogen) atoms. The zero-order valence-corrected chi connectivity index (χ0v) is 19.8. The zero-order valence-electron chi connectivity index (χ0n) is 19.8. The van der Waals surface area contributed by atoms with Gasteiger partial charge < -0.3 is 0 Å². The number of nitrogens with one attached hydrogen (secondary N) is 1. The lowest BCUT2D eigenvalue weighted by Gasteiger charge is -2.22. The van der Waals surface area contributed by atoms with Gasteiger partial charge in [0.05, 0.1) is 5.71 Å². The molecule has 0 fully saturated rings. The van der Waals surface area contributed by atoms with Crippen molar-refractivity contribution >= 4 is 16.5 Å². The summed E-state index contributed by atoms with van der Waals surface area (Å²) in [6.45, 7) is 6.45. The predicted molar refractivity (Wildman–Crippen MR) is 143 cm³/mol. The molecule has 1 heteroatoms. The topological polar surface area (TPSA) is 23.9 Å². The van der Waals surface area contributed by atoms with E-state index in [4.69, 9.17) is 0 Å². The monoisotopic (exact) mass is 437 g/mol. The maximum atomic E-state index is 9.43. The predicted octanol–water partition coefficient (Wildman–Crippen LogP) is 8.34. The van der Waals surface area contributed by atoms with Gasteiger partial charge in [0.25, 0.3) is 0 Å². The van der Waals surface area contributed by atoms with Crippen LogP contribution in [0.1, 0.15) is 50.4 Å². The second-order valence-electron chi connectivity index (χ2n) is 9.45. The van der Waals surface area contributed by atoms with Crippen LogP contribution in [0, 0.1) is 26.2 Å². The third-order valence-corrected chi connectivity index (χ3v) is 7.66. The van der Waals surface area contributed by atoms with Gasteiger partial charge in [0.1, 0.15) is 0 Å². The minimum Gasteiger partial charge on any atom is -0.300 e. The fraction of sp³-hybridized carbons (Fsp3) is 0.121. The maximum absolute atomic E-state index is 9.43. The number of hydrogen-bond donors (Lipinski definition) is 1. The van der Waals surface area contributed by atoms with Crippen LogP contribution >= 0.6 is 0 Å². The maximum Gasteiger partial charge on any atom is 0.0690 e. The molecule has 1 N–H and O–H groups in total. The summed E-state index contributed by atoms with van der Waals surface area (Å²) in [6.07, 6.45) is 0. The molecule has 0 spiro atoms. The largest absolute Gasteiger partial charge is 0.300 e. The van der Waals surface area contributed by atoms with Gasteiger partial charge in [-0.2, -0.15) is 0 Å². The first-order chi connectivity index (χ1) is 16.5. The molecule has 164 valence electrons. The summed E-state index contributed by atoms with van der Waals surface area (Å²) in [4.78, 5) is 0. The highest BCUT2D eigenvalue weighted by Crippen LogP contribution is 2.49. The van der Waals surface area contributed by atoms with E-state index in [9.17, 15) is 5.41 Å². The second kappa shape index (κ2) is 7.81. The Morgan fingerprint density at radius 1 is 0.559 bits per heavy atom. The van der Waals surface area contributed by atoms with Crippen LogP contribution in [0.5, 0.6) is 0 Å². The Labute approximate surface area is 201 Å². The molecule has 1 aliphatic rings. The molecule has 0 unspecified atom stereocenters. The highest BCUT2D eigenvalue weighted by molar-refractivity contribution is 6.14. The van der Waals surface area contributed by atoms with Gasteiger partial charge in [0.2, 0.25) is 0 Å². The van der Waals surface area contributed by atoms with Crippen molar-refractivity contribution in [3.63, 3.8) is 0 Å². The molecule has 0 atom stereocenters. The normalized spacial score (nSPS) is 12.6. The standard InChI is InChI=1S/C33H27N/c1-20-16-17-25(22(3)21(20)2)33(34)31-19-24-11-5-4-10-23(24)18-30(31)32-28-14-8-6-12-26(28)27-13-7-9-15-29(27)32/h4-19,32,34H,1-3H3. The lowest BCUT2D eigenvalue weighted by molar-refractivity contribution is 1.01. The first-order valence-corrected chi connectivity index (χ1v) is 11.9. The summed E-state index contributed by atoms with van der Waals surface area (Å²) in [5.41, 5.74) is 12.8. The van der Waals surface area contributed by atoms with Crippen molar-refractivity contribution < 1.29 is 0 Å². The molecule has 0 saturated heterocycles. The Balaban J connectivity index is 1.65. The van der Waals surface area contributed by atoms with Gasteiger partial charge in [0.15, 0.2) is 0 Å². The van der Waals surface area contributed by atoms with E-state index in [1.165, 1.54) is 55.3 Å². The van der Waals surface area contributed by atoms with Crippen LogP contribution < -0.4 is 0 Å². The van der Waals surface area contributed by atoms with E-state index in [0.717, 1.165) is 11.1 Å². The zero-order chi connectivity index (χ0) is 23.4. The highest BCUT2D eigenvalue weighted by atomic mass is 14.4. The van der Waals surface area contributed by atoms with Crippen LogP contribution in [-0.4, -0.2) is 5.71 Å². The third kappa shape index (κ3) is 3.04. The van der Waals surface area contributed by atoms with Crippen molar-refractivity contribution in [3.05, 3.63) is 142 Å². The summed E-state index contributed by atoms with van der Waals surface area (Å²) >= 11 is 0. The Kier molecular flexibility index (Phi) is 4.74. The lowest BCUT2D eigenvalue weighted by atomic mass is 9.81. The molecule has 1 aliphatic carbocycles. The number of hydrogen-bond acceptors (Lipinski definition) is 1. The molecular formula is C33H27N. The van der Waals surface area contributed by atoms with E-state index in [2.05, 4.69) is 118 Å². The number of benzene rings is 5. The summed E-state index contributed by atoms with van der Waals surface area (Å²) in [5.74, 6) is 0.110. The molecule has 5 aromatic carbocycles. The van der Waals surface area contributed by atoms with E-state index in [1.54, 1.807) is 0 Å². The Hall–Kier alpha value is -3.97. The van der Waals surface area contributed by atoms with Crippen LogP contribution in [-0.2, 0) is 0 Å². The van der Waals surface area contributed by atoms with E-state index >= 15 is 0 Å². The molecule has 0 saturated carbocycles. The van der Waals surface area contributed by atoms with Crippen LogP contribution in [0.25, 0.3) is 21.9 Å². The van der Waals surface area contributed by atoms with Crippen LogP contribution in [0.15, 0.2) is 97.1 Å². The highest BCUT2D eigenvalue weighted by Gasteiger charge is 2.32. The summed E-state index contributed by atoms with van der Waals surface area (Å²) < 4.78 is 0. The SMILES string of the molecule is Cc1ccc(C(=N)c2cc3ccccc3cc2C2c3ccccc3-c3ccccc32)c(C)c1C. The van der Waals surface area contributed by atoms with Crippen molar-refractivity contribution in [2.45, 2.75) is 26.7 Å². The summed E-state index contributed by atoms with van der Waals surface area (Å²) in [6, 6.07) is 34.8. The molecule has 0 radical (unpaired) electrons. The van der Waals surface area contributed by atoms with E-state index in [1.807, 2.05) is 0 Å². The van der Waals surface area contributed by atoms with Crippen molar-refractivity contribution in [2.24, 2.45) is 0 Å². The van der Waals surface area contributed by atoms with Gasteiger partial charge in [-0.25, -0.2) is 0 Å². The number of rotatable bonds is 3. The molecule has 0 aliphatic heterocycles. The van der Waals surface area contributed by atoms with Gasteiger partial charge in [-0.3, -0.25) is 5.41 Å². The Bertz CT molecular complexity index is 1560. The van der Waals surface area contributed by atoms with E-state index in [-0.39, 0.29) is 5.92 Å². The van der Waals surface area contributed by atoms with Crippen LogP contribution in [0.3, 0.4) is 0 Å². The van der Waals surface area contributed by atoms with E-state index < -0.39 is 0 Å². The summed E-state index contributed by atoms with van der Waals surface area (Å²) in [7, 11) is 0. The fourth-order valence-corrected chi connectivity index (χ4v) is 5.58. The molecule has 0 amide bonds. The van der Waals surface area contributed by atoms with Gasteiger partial charge in [-0.15, -0.1) is 0 Å². The van der Waals surface area contributed by atoms with Crippen LogP contribution in [0.4, 0.5) is 0 Å². The van der Waals surface area contributed by atoms with Gasteiger partial charge in [-0.1, -0.05) is 84.9 Å².